The van der Waals surface area contributed by atoms with E-state index in [9.17, 15) is 24.3 Å². The number of carboxylic acid groups (broad SMARTS) is 1. The molecular weight excluding hydrogens is 336 g/mol. The lowest BCUT2D eigenvalue weighted by Crippen LogP contribution is -2.49. The van der Waals surface area contributed by atoms with Crippen LogP contribution in [-0.4, -0.2) is 46.3 Å². The van der Waals surface area contributed by atoms with Crippen molar-refractivity contribution in [3.63, 3.8) is 0 Å². The number of amides is 3. The molecule has 138 valence electrons. The van der Waals surface area contributed by atoms with Crippen molar-refractivity contribution < 1.29 is 24.3 Å². The molecular formula is C19H22N2O5. The number of nitrogens with zero attached hydrogens (tertiary/aromatic N) is 1. The van der Waals surface area contributed by atoms with Gasteiger partial charge in [0.05, 0.1) is 5.92 Å². The van der Waals surface area contributed by atoms with Crippen LogP contribution in [0.15, 0.2) is 24.3 Å². The van der Waals surface area contributed by atoms with E-state index < -0.39 is 12.0 Å². The Balaban J connectivity index is 1.69. The average Bonchev–Trinajstić information content (AvgIpc) is 2.92. The maximum atomic E-state index is 12.7. The first-order chi connectivity index (χ1) is 12.3. The highest BCUT2D eigenvalue weighted by Crippen LogP contribution is 2.25. The van der Waals surface area contributed by atoms with Gasteiger partial charge in [0.1, 0.15) is 6.04 Å². The van der Waals surface area contributed by atoms with Gasteiger partial charge in [0.15, 0.2) is 0 Å². The van der Waals surface area contributed by atoms with E-state index in [0.717, 1.165) is 12.0 Å². The molecule has 0 saturated carbocycles. The Labute approximate surface area is 151 Å². The summed E-state index contributed by atoms with van der Waals surface area (Å²) in [5.74, 6) is -1.87. The third kappa shape index (κ3) is 3.76. The molecule has 3 amide bonds. The third-order valence-corrected chi connectivity index (χ3v) is 5.16. The zero-order chi connectivity index (χ0) is 18.8. The topological polar surface area (TPSA) is 104 Å². The first-order valence-corrected chi connectivity index (χ1v) is 8.81. The minimum atomic E-state index is -0.974. The Morgan fingerprint density at radius 1 is 1.23 bits per heavy atom. The summed E-state index contributed by atoms with van der Waals surface area (Å²) in [6, 6.07) is 6.03. The minimum absolute atomic E-state index is 0.186. The molecule has 2 aliphatic rings. The molecule has 2 fully saturated rings. The highest BCUT2D eigenvalue weighted by atomic mass is 16.4. The number of likely N-dealkylation sites (tertiary alicyclic amines) is 1. The van der Waals surface area contributed by atoms with Crippen LogP contribution >= 0.6 is 0 Å². The normalized spacial score (nSPS) is 25.9. The van der Waals surface area contributed by atoms with Crippen LogP contribution in [0, 0.1) is 11.8 Å². The molecule has 2 aliphatic heterocycles. The highest BCUT2D eigenvalue weighted by Gasteiger charge is 2.35. The van der Waals surface area contributed by atoms with E-state index in [0.29, 0.717) is 24.9 Å². The van der Waals surface area contributed by atoms with Gasteiger partial charge >= 0.3 is 5.97 Å². The number of carbonyl (C=O) groups excluding carboxylic acids is 3. The third-order valence-electron chi connectivity index (χ3n) is 5.16. The van der Waals surface area contributed by atoms with Gasteiger partial charge < -0.3 is 10.0 Å². The SMILES string of the molecule is CC1CCN(C(=O)c2ccc(CC3CC(=O)NC3=O)cc2)C(C(=O)O)C1. The van der Waals surface area contributed by atoms with E-state index in [1.165, 1.54) is 4.90 Å². The largest absolute Gasteiger partial charge is 0.480 e. The Hall–Kier alpha value is -2.70. The van der Waals surface area contributed by atoms with E-state index in [-0.39, 0.29) is 36.0 Å². The molecule has 3 rings (SSSR count). The molecule has 0 aromatic heterocycles. The van der Waals surface area contributed by atoms with Crippen LogP contribution in [0.3, 0.4) is 0 Å². The van der Waals surface area contributed by atoms with Gasteiger partial charge in [-0.15, -0.1) is 0 Å². The zero-order valence-electron chi connectivity index (χ0n) is 14.6. The Morgan fingerprint density at radius 3 is 2.50 bits per heavy atom. The number of carboxylic acids is 1. The van der Waals surface area contributed by atoms with Crippen LogP contribution in [0.4, 0.5) is 0 Å². The second-order valence-electron chi connectivity index (χ2n) is 7.20. The number of aliphatic carboxylic acids is 1. The molecule has 1 aromatic carbocycles. The van der Waals surface area contributed by atoms with Crippen LogP contribution in [0.2, 0.25) is 0 Å². The smallest absolute Gasteiger partial charge is 0.326 e. The Kier molecular flexibility index (Phi) is 5.06. The van der Waals surface area contributed by atoms with Crippen LogP contribution < -0.4 is 5.32 Å². The van der Waals surface area contributed by atoms with Crippen LogP contribution in [0.5, 0.6) is 0 Å². The summed E-state index contributed by atoms with van der Waals surface area (Å²) in [6.45, 7) is 2.43. The zero-order valence-corrected chi connectivity index (χ0v) is 14.6. The lowest BCUT2D eigenvalue weighted by molar-refractivity contribution is -0.144. The lowest BCUT2D eigenvalue weighted by Gasteiger charge is -2.36. The summed E-state index contributed by atoms with van der Waals surface area (Å²) in [5, 5.41) is 11.7. The second kappa shape index (κ2) is 7.27. The lowest BCUT2D eigenvalue weighted by atomic mass is 9.91. The molecule has 0 bridgehead atoms. The number of nitrogens with one attached hydrogen (secondary N) is 1. The van der Waals surface area contributed by atoms with Crippen molar-refractivity contribution in [2.24, 2.45) is 11.8 Å². The van der Waals surface area contributed by atoms with Crippen molar-refractivity contribution in [2.75, 3.05) is 6.54 Å². The fourth-order valence-electron chi connectivity index (χ4n) is 3.62. The van der Waals surface area contributed by atoms with Crippen molar-refractivity contribution in [2.45, 2.75) is 38.6 Å². The van der Waals surface area contributed by atoms with Gasteiger partial charge in [-0.2, -0.15) is 0 Å². The summed E-state index contributed by atoms with van der Waals surface area (Å²) < 4.78 is 0. The molecule has 3 unspecified atom stereocenters. The molecule has 0 aliphatic carbocycles. The summed E-state index contributed by atoms with van der Waals surface area (Å²) in [4.78, 5) is 48.5. The van der Waals surface area contributed by atoms with E-state index >= 15 is 0 Å². The Morgan fingerprint density at radius 2 is 1.92 bits per heavy atom. The number of piperidine rings is 1. The first kappa shape index (κ1) is 18.1. The van der Waals surface area contributed by atoms with Crippen molar-refractivity contribution >= 4 is 23.7 Å². The van der Waals surface area contributed by atoms with Gasteiger partial charge in [0.2, 0.25) is 11.8 Å². The Bertz CT molecular complexity index is 743. The van der Waals surface area contributed by atoms with Gasteiger partial charge in [0.25, 0.3) is 5.91 Å². The maximum Gasteiger partial charge on any atom is 0.326 e. The van der Waals surface area contributed by atoms with E-state index in [2.05, 4.69) is 5.32 Å². The fraction of sp³-hybridized carbons (Fsp3) is 0.474. The molecule has 2 heterocycles. The molecule has 2 saturated heterocycles. The van der Waals surface area contributed by atoms with E-state index in [1.807, 2.05) is 6.92 Å². The average molecular weight is 358 g/mol. The van der Waals surface area contributed by atoms with Gasteiger partial charge in [-0.25, -0.2) is 4.79 Å². The number of imide groups is 1. The number of carbonyl (C=O) groups is 4. The molecule has 7 heteroatoms. The summed E-state index contributed by atoms with van der Waals surface area (Å²) in [7, 11) is 0. The molecule has 7 nitrogen and oxygen atoms in total. The predicted molar refractivity (Wildman–Crippen MR) is 92.3 cm³/mol. The molecule has 0 spiro atoms. The number of hydrogen-bond acceptors (Lipinski definition) is 4. The number of hydrogen-bond donors (Lipinski definition) is 2. The van der Waals surface area contributed by atoms with Crippen LogP contribution in [-0.2, 0) is 20.8 Å². The maximum absolute atomic E-state index is 12.7. The second-order valence-corrected chi connectivity index (χ2v) is 7.20. The summed E-state index contributed by atoms with van der Waals surface area (Å²) in [6.07, 6.45) is 1.87. The summed E-state index contributed by atoms with van der Waals surface area (Å²) in [5.41, 5.74) is 1.29. The van der Waals surface area contributed by atoms with Crippen molar-refractivity contribution in [1.29, 1.82) is 0 Å². The molecule has 3 atom stereocenters. The molecule has 26 heavy (non-hydrogen) atoms. The van der Waals surface area contributed by atoms with Gasteiger partial charge in [-0.1, -0.05) is 19.1 Å². The quantitative estimate of drug-likeness (QED) is 0.788. The predicted octanol–water partition coefficient (Wildman–Crippen LogP) is 1.22. The highest BCUT2D eigenvalue weighted by molar-refractivity contribution is 6.03. The minimum Gasteiger partial charge on any atom is -0.480 e. The van der Waals surface area contributed by atoms with Gasteiger partial charge in [-0.05, 0) is 42.9 Å². The van der Waals surface area contributed by atoms with Crippen LogP contribution in [0.1, 0.15) is 42.1 Å². The number of rotatable bonds is 4. The fourth-order valence-corrected chi connectivity index (χ4v) is 3.62. The van der Waals surface area contributed by atoms with Gasteiger partial charge in [-0.3, -0.25) is 19.7 Å². The van der Waals surface area contributed by atoms with E-state index in [1.54, 1.807) is 24.3 Å². The molecule has 2 N–H and O–H groups in total. The van der Waals surface area contributed by atoms with Crippen molar-refractivity contribution in [1.82, 2.24) is 10.2 Å². The first-order valence-electron chi connectivity index (χ1n) is 8.81. The molecule has 0 radical (unpaired) electrons. The van der Waals surface area contributed by atoms with Crippen molar-refractivity contribution in [3.05, 3.63) is 35.4 Å². The number of benzene rings is 1. The van der Waals surface area contributed by atoms with Crippen molar-refractivity contribution in [3.8, 4) is 0 Å². The van der Waals surface area contributed by atoms with E-state index in [4.69, 9.17) is 0 Å². The van der Waals surface area contributed by atoms with Crippen LogP contribution in [0.25, 0.3) is 0 Å². The standard InChI is InChI=1S/C19H22N2O5/c1-11-6-7-21(15(8-11)19(25)26)18(24)13-4-2-12(3-5-13)9-14-10-16(22)20-17(14)23/h2-5,11,14-15H,6-10H2,1H3,(H,25,26)(H,20,22,23). The van der Waals surface area contributed by atoms with Gasteiger partial charge in [0, 0.05) is 18.5 Å². The molecule has 1 aromatic rings. The monoisotopic (exact) mass is 358 g/mol. The summed E-state index contributed by atoms with van der Waals surface area (Å²) >= 11 is 0.